The molecule has 0 unspecified atom stereocenters. The highest BCUT2D eigenvalue weighted by molar-refractivity contribution is 5.86. The third kappa shape index (κ3) is 1.81. The summed E-state index contributed by atoms with van der Waals surface area (Å²) in [5, 5.41) is 1.41. The Morgan fingerprint density at radius 2 is 1.90 bits per heavy atom. The van der Waals surface area contributed by atoms with Crippen LogP contribution in [0.5, 0.6) is 0 Å². The summed E-state index contributed by atoms with van der Waals surface area (Å²) in [7, 11) is 0. The molecule has 104 valence electrons. The highest BCUT2D eigenvalue weighted by Gasteiger charge is 2.23. The van der Waals surface area contributed by atoms with Crippen molar-refractivity contribution in [1.82, 2.24) is 4.57 Å². The van der Waals surface area contributed by atoms with Crippen molar-refractivity contribution >= 4 is 16.7 Å². The molecule has 1 aliphatic heterocycles. The lowest BCUT2D eigenvalue weighted by Crippen LogP contribution is -2.13. The molecule has 0 saturated heterocycles. The molecule has 4 rings (SSSR count). The van der Waals surface area contributed by atoms with Gasteiger partial charge in [-0.3, -0.25) is 4.79 Å². The number of hydrogen-bond acceptors (Lipinski definition) is 1. The van der Waals surface area contributed by atoms with Crippen LogP contribution in [-0.4, -0.2) is 10.4 Å². The molecule has 0 amide bonds. The average Bonchev–Trinajstić information content (AvgIpc) is 2.78. The van der Waals surface area contributed by atoms with Gasteiger partial charge in [0.1, 0.15) is 5.78 Å². The van der Waals surface area contributed by atoms with Crippen molar-refractivity contribution in [2.75, 3.05) is 0 Å². The molecule has 0 atom stereocenters. The fourth-order valence-corrected chi connectivity index (χ4v) is 4.08. The van der Waals surface area contributed by atoms with Crippen LogP contribution >= 0.6 is 0 Å². The van der Waals surface area contributed by atoms with Crippen LogP contribution in [0.15, 0.2) is 18.2 Å². The molecule has 0 bridgehead atoms. The molecular formula is C18H21NO. The van der Waals surface area contributed by atoms with Gasteiger partial charge in [0.2, 0.25) is 0 Å². The molecule has 1 aliphatic carbocycles. The van der Waals surface area contributed by atoms with Crippen LogP contribution in [-0.2, 0) is 17.8 Å². The van der Waals surface area contributed by atoms with Gasteiger partial charge in [0.05, 0.1) is 5.52 Å². The molecule has 0 spiro atoms. The third-order valence-electron chi connectivity index (χ3n) is 5.14. The van der Waals surface area contributed by atoms with Gasteiger partial charge in [-0.2, -0.15) is 0 Å². The van der Waals surface area contributed by atoms with Crippen LogP contribution < -0.4 is 0 Å². The number of ketones is 1. The van der Waals surface area contributed by atoms with E-state index < -0.39 is 0 Å². The second-order valence-corrected chi connectivity index (χ2v) is 6.47. The first-order chi connectivity index (χ1) is 9.72. The highest BCUT2D eigenvalue weighted by Crippen LogP contribution is 2.36. The lowest BCUT2D eigenvalue weighted by molar-refractivity contribution is -0.120. The van der Waals surface area contributed by atoms with E-state index in [2.05, 4.69) is 29.7 Å². The Kier molecular flexibility index (Phi) is 2.73. The molecular weight excluding hydrogens is 246 g/mol. The van der Waals surface area contributed by atoms with Gasteiger partial charge in [0, 0.05) is 30.5 Å². The summed E-state index contributed by atoms with van der Waals surface area (Å²) >= 11 is 0. The average molecular weight is 267 g/mol. The maximum absolute atomic E-state index is 11.4. The summed E-state index contributed by atoms with van der Waals surface area (Å²) in [4.78, 5) is 11.4. The second-order valence-electron chi connectivity index (χ2n) is 6.47. The predicted molar refractivity (Wildman–Crippen MR) is 81.2 cm³/mol. The lowest BCUT2D eigenvalue weighted by atomic mass is 9.82. The van der Waals surface area contributed by atoms with Gasteiger partial charge < -0.3 is 4.57 Å². The zero-order chi connectivity index (χ0) is 13.7. The fourth-order valence-electron chi connectivity index (χ4n) is 4.08. The molecule has 0 radical (unpaired) electrons. The van der Waals surface area contributed by atoms with Gasteiger partial charge in [0.15, 0.2) is 0 Å². The molecule has 2 heteroatoms. The van der Waals surface area contributed by atoms with E-state index in [9.17, 15) is 4.79 Å². The Morgan fingerprint density at radius 3 is 2.70 bits per heavy atom. The van der Waals surface area contributed by atoms with Gasteiger partial charge in [0.25, 0.3) is 0 Å². The maximum atomic E-state index is 11.4. The number of carbonyl (C=O) groups is 1. The summed E-state index contributed by atoms with van der Waals surface area (Å²) in [6.07, 6.45) is 6.10. The largest absolute Gasteiger partial charge is 0.345 e. The molecule has 2 heterocycles. The minimum absolute atomic E-state index is 0.450. The van der Waals surface area contributed by atoms with E-state index in [1.165, 1.54) is 47.1 Å². The first-order valence-electron chi connectivity index (χ1n) is 7.87. The van der Waals surface area contributed by atoms with Crippen LogP contribution in [0.3, 0.4) is 0 Å². The first-order valence-corrected chi connectivity index (χ1v) is 7.87. The summed E-state index contributed by atoms with van der Waals surface area (Å²) in [6, 6.07) is 7.15. The van der Waals surface area contributed by atoms with E-state index in [0.717, 1.165) is 25.7 Å². The molecule has 1 saturated carbocycles. The van der Waals surface area contributed by atoms with Crippen LogP contribution in [0.2, 0.25) is 0 Å². The van der Waals surface area contributed by atoms with E-state index in [1.54, 1.807) is 0 Å². The fraction of sp³-hybridized carbons (Fsp3) is 0.500. The molecule has 1 aromatic heterocycles. The Balaban J connectivity index is 1.80. The summed E-state index contributed by atoms with van der Waals surface area (Å²) < 4.78 is 2.47. The van der Waals surface area contributed by atoms with Crippen molar-refractivity contribution in [2.45, 2.75) is 57.9 Å². The molecule has 2 aromatic rings. The third-order valence-corrected chi connectivity index (χ3v) is 5.14. The number of benzene rings is 1. The maximum Gasteiger partial charge on any atom is 0.132 e. The van der Waals surface area contributed by atoms with Gasteiger partial charge in [-0.1, -0.05) is 6.07 Å². The lowest BCUT2D eigenvalue weighted by Gasteiger charge is -2.24. The molecule has 1 aromatic carbocycles. The summed E-state index contributed by atoms with van der Waals surface area (Å²) in [5.41, 5.74) is 5.84. The smallest absolute Gasteiger partial charge is 0.132 e. The van der Waals surface area contributed by atoms with Gasteiger partial charge in [-0.05, 0) is 61.8 Å². The number of Topliss-reactive ketones (excluding diaryl/α,β-unsaturated/α-hetero) is 1. The first kappa shape index (κ1) is 12.2. The molecule has 1 fully saturated rings. The van der Waals surface area contributed by atoms with Crippen molar-refractivity contribution in [3.05, 3.63) is 35.0 Å². The van der Waals surface area contributed by atoms with E-state index in [4.69, 9.17) is 0 Å². The van der Waals surface area contributed by atoms with Crippen molar-refractivity contribution in [3.63, 3.8) is 0 Å². The van der Waals surface area contributed by atoms with Crippen molar-refractivity contribution in [1.29, 1.82) is 0 Å². The van der Waals surface area contributed by atoms with Gasteiger partial charge in [-0.25, -0.2) is 0 Å². The zero-order valence-electron chi connectivity index (χ0n) is 12.1. The molecule has 2 aliphatic rings. The number of aryl methyl sites for hydroxylation is 3. The standard InChI is InChI=1S/C18H21NO/c1-12-9-16-11-15(13-4-6-17(20)7-5-13)10-14-3-2-8-19(12)18(14)16/h9-11,13H,2-8H2,1H3. The van der Waals surface area contributed by atoms with Crippen molar-refractivity contribution < 1.29 is 4.79 Å². The van der Waals surface area contributed by atoms with Crippen LogP contribution in [0, 0.1) is 6.92 Å². The van der Waals surface area contributed by atoms with Gasteiger partial charge >= 0.3 is 0 Å². The van der Waals surface area contributed by atoms with Crippen molar-refractivity contribution in [3.8, 4) is 0 Å². The second kappa shape index (κ2) is 4.47. The van der Waals surface area contributed by atoms with E-state index in [1.807, 2.05) is 0 Å². The highest BCUT2D eigenvalue weighted by atomic mass is 16.1. The number of nitrogens with zero attached hydrogens (tertiary/aromatic N) is 1. The minimum atomic E-state index is 0.450. The van der Waals surface area contributed by atoms with Crippen LogP contribution in [0.1, 0.15) is 54.8 Å². The molecule has 2 nitrogen and oxygen atoms in total. The zero-order valence-corrected chi connectivity index (χ0v) is 12.1. The van der Waals surface area contributed by atoms with Gasteiger partial charge in [-0.15, -0.1) is 0 Å². The van der Waals surface area contributed by atoms with E-state index in [0.29, 0.717) is 11.7 Å². The summed E-state index contributed by atoms with van der Waals surface area (Å²) in [6.45, 7) is 3.38. The molecule has 20 heavy (non-hydrogen) atoms. The Hall–Kier alpha value is -1.57. The predicted octanol–water partition coefficient (Wildman–Crippen LogP) is 4.12. The van der Waals surface area contributed by atoms with E-state index in [-0.39, 0.29) is 0 Å². The Morgan fingerprint density at radius 1 is 1.10 bits per heavy atom. The van der Waals surface area contributed by atoms with Crippen LogP contribution in [0.4, 0.5) is 0 Å². The number of carbonyl (C=O) groups excluding carboxylic acids is 1. The Labute approximate surface area is 119 Å². The number of aromatic nitrogens is 1. The monoisotopic (exact) mass is 267 g/mol. The van der Waals surface area contributed by atoms with Crippen LogP contribution in [0.25, 0.3) is 10.9 Å². The Bertz CT molecular complexity index is 685. The normalized spacial score (nSPS) is 19.8. The molecule has 0 N–H and O–H groups in total. The summed E-state index contributed by atoms with van der Waals surface area (Å²) in [5.74, 6) is 1.05. The van der Waals surface area contributed by atoms with Crippen molar-refractivity contribution in [2.24, 2.45) is 0 Å². The number of hydrogen-bond donors (Lipinski definition) is 0. The quantitative estimate of drug-likeness (QED) is 0.761. The number of rotatable bonds is 1. The topological polar surface area (TPSA) is 22.0 Å². The van der Waals surface area contributed by atoms with E-state index >= 15 is 0 Å². The minimum Gasteiger partial charge on any atom is -0.345 e. The SMILES string of the molecule is Cc1cc2cc(C3CCC(=O)CC3)cc3c2n1CCC3.